The van der Waals surface area contributed by atoms with E-state index in [1.807, 2.05) is 32.9 Å². The number of nitrogens with zero attached hydrogens (tertiary/aromatic N) is 1. The minimum atomic E-state index is -0.817. The fraction of sp³-hybridized carbons (Fsp3) is 0.743. The molecule has 0 aromatic rings. The average molecular weight is 663 g/mol. The Kier molecular flexibility index (Phi) is 12.7. The van der Waals surface area contributed by atoms with Crippen LogP contribution in [0.3, 0.4) is 0 Å². The summed E-state index contributed by atoms with van der Waals surface area (Å²) in [5.74, 6) is -1.29. The number of nitrogens with one attached hydrogen (secondary N) is 1. The van der Waals surface area contributed by atoms with Crippen molar-refractivity contribution in [1.29, 1.82) is 0 Å². The number of hydrogen-bond donors (Lipinski definition) is 2. The molecule has 4 saturated heterocycles. The maximum atomic E-state index is 12.7. The number of hydrogen-bond acceptors (Lipinski definition) is 10. The standard InChI is InChI=1S/C35H54N2O10/c1-8-43-32(40)26-15-17-37(18-16-26)33(41)45-24(4)11-14-30(38)36-27-19-23(3)28(46-25(27)5)12-9-22(2)10-13-29-31(39)35(21-44-35)20-34(6,42-7)47-29/h9-11,13-14,23-29,31,39H,8,12,15-21H2,1-7H3,(H,36,38)/b13-10+,14-11-,22-9+/t23-,24-,25+,27+,28-,29?,31+,34-,35+/m0/s1. The molecule has 9 atom stereocenters. The van der Waals surface area contributed by atoms with E-state index in [2.05, 4.69) is 18.3 Å². The van der Waals surface area contributed by atoms with Crippen molar-refractivity contribution >= 4 is 18.0 Å². The van der Waals surface area contributed by atoms with E-state index in [9.17, 15) is 19.5 Å². The molecular formula is C35H54N2O10. The summed E-state index contributed by atoms with van der Waals surface area (Å²) in [7, 11) is 1.60. The molecule has 12 heteroatoms. The highest BCUT2D eigenvalue weighted by molar-refractivity contribution is 5.87. The van der Waals surface area contributed by atoms with Crippen molar-refractivity contribution in [2.45, 2.75) is 122 Å². The molecule has 0 radical (unpaired) electrons. The van der Waals surface area contributed by atoms with Crippen molar-refractivity contribution in [1.82, 2.24) is 10.2 Å². The number of allylic oxidation sites excluding steroid dienone is 2. The third kappa shape index (κ3) is 9.88. The smallest absolute Gasteiger partial charge is 0.410 e. The number of ether oxygens (including phenoxy) is 6. The maximum Gasteiger partial charge on any atom is 0.410 e. The lowest BCUT2D eigenvalue weighted by Gasteiger charge is -2.42. The lowest BCUT2D eigenvalue weighted by Crippen LogP contribution is -2.55. The lowest BCUT2D eigenvalue weighted by atomic mass is 9.87. The minimum Gasteiger partial charge on any atom is -0.466 e. The molecule has 12 nitrogen and oxygen atoms in total. The van der Waals surface area contributed by atoms with Gasteiger partial charge in [-0.15, -0.1) is 0 Å². The highest BCUT2D eigenvalue weighted by Crippen LogP contribution is 2.46. The summed E-state index contributed by atoms with van der Waals surface area (Å²) in [4.78, 5) is 38.8. The normalized spacial score (nSPS) is 35.7. The van der Waals surface area contributed by atoms with Crippen LogP contribution in [0.1, 0.15) is 73.6 Å². The van der Waals surface area contributed by atoms with Gasteiger partial charge in [-0.1, -0.05) is 30.7 Å². The van der Waals surface area contributed by atoms with Crippen LogP contribution in [0.25, 0.3) is 0 Å². The quantitative estimate of drug-likeness (QED) is 0.145. The summed E-state index contributed by atoms with van der Waals surface area (Å²) in [6.45, 7) is 13.1. The monoisotopic (exact) mass is 662 g/mol. The van der Waals surface area contributed by atoms with Gasteiger partial charge in [0.2, 0.25) is 5.91 Å². The number of piperidine rings is 1. The molecule has 4 heterocycles. The third-order valence-electron chi connectivity index (χ3n) is 9.75. The summed E-state index contributed by atoms with van der Waals surface area (Å²) in [6, 6.07) is -0.154. The van der Waals surface area contributed by atoms with Crippen molar-refractivity contribution in [3.05, 3.63) is 36.0 Å². The molecule has 264 valence electrons. The Morgan fingerprint density at radius 1 is 1.17 bits per heavy atom. The van der Waals surface area contributed by atoms with E-state index in [4.69, 9.17) is 28.4 Å². The average Bonchev–Trinajstić information content (AvgIpc) is 3.81. The zero-order valence-electron chi connectivity index (χ0n) is 28.9. The molecule has 4 aliphatic heterocycles. The van der Waals surface area contributed by atoms with Gasteiger partial charge in [-0.2, -0.15) is 0 Å². The lowest BCUT2D eigenvalue weighted by molar-refractivity contribution is -0.284. The van der Waals surface area contributed by atoms with E-state index in [-0.39, 0.29) is 42.0 Å². The van der Waals surface area contributed by atoms with E-state index < -0.39 is 35.8 Å². The van der Waals surface area contributed by atoms with Gasteiger partial charge in [-0.05, 0) is 72.3 Å². The molecule has 0 aromatic carbocycles. The van der Waals surface area contributed by atoms with Gasteiger partial charge in [0.1, 0.15) is 23.9 Å². The Balaban J connectivity index is 1.18. The Morgan fingerprint density at radius 2 is 1.87 bits per heavy atom. The number of carbonyl (C=O) groups is 3. The van der Waals surface area contributed by atoms with Crippen LogP contribution < -0.4 is 5.32 Å². The number of aliphatic hydroxyl groups excluding tert-OH is 1. The van der Waals surface area contributed by atoms with Crippen LogP contribution in [0.15, 0.2) is 36.0 Å². The zero-order valence-corrected chi connectivity index (χ0v) is 28.9. The van der Waals surface area contributed by atoms with Gasteiger partial charge in [-0.3, -0.25) is 9.59 Å². The summed E-state index contributed by atoms with van der Waals surface area (Å²) in [5.41, 5.74) is 0.423. The second-order valence-electron chi connectivity index (χ2n) is 13.6. The first kappa shape index (κ1) is 37.1. The Morgan fingerprint density at radius 3 is 2.51 bits per heavy atom. The number of esters is 1. The number of rotatable bonds is 11. The molecule has 0 bridgehead atoms. The summed E-state index contributed by atoms with van der Waals surface area (Å²) in [6.07, 6.45) is 9.38. The van der Waals surface area contributed by atoms with Crippen molar-refractivity contribution in [2.24, 2.45) is 11.8 Å². The molecule has 1 spiro atoms. The number of epoxide rings is 1. The predicted molar refractivity (Wildman–Crippen MR) is 173 cm³/mol. The molecule has 4 fully saturated rings. The number of methoxy groups -OCH3 is 1. The number of carbonyl (C=O) groups excluding carboxylic acids is 3. The Hall–Kier alpha value is -2.77. The molecule has 0 aliphatic carbocycles. The Bertz CT molecular complexity index is 1190. The van der Waals surface area contributed by atoms with Gasteiger partial charge in [0.15, 0.2) is 5.79 Å². The van der Waals surface area contributed by atoms with E-state index in [1.54, 1.807) is 31.9 Å². The fourth-order valence-electron chi connectivity index (χ4n) is 6.59. The first-order chi connectivity index (χ1) is 22.3. The molecule has 2 N–H and O–H groups in total. The predicted octanol–water partition coefficient (Wildman–Crippen LogP) is 3.82. The van der Waals surface area contributed by atoms with Crippen molar-refractivity contribution in [3.63, 3.8) is 0 Å². The number of amides is 2. The zero-order chi connectivity index (χ0) is 34.4. The van der Waals surface area contributed by atoms with E-state index in [0.29, 0.717) is 52.0 Å². The van der Waals surface area contributed by atoms with Gasteiger partial charge in [0.25, 0.3) is 0 Å². The van der Waals surface area contributed by atoms with Crippen LogP contribution in [0.2, 0.25) is 0 Å². The molecule has 47 heavy (non-hydrogen) atoms. The molecule has 2 amide bonds. The summed E-state index contributed by atoms with van der Waals surface area (Å²) in [5, 5.41) is 13.8. The van der Waals surface area contributed by atoms with E-state index in [0.717, 1.165) is 12.0 Å². The van der Waals surface area contributed by atoms with Crippen molar-refractivity contribution in [3.8, 4) is 0 Å². The number of likely N-dealkylation sites (tertiary alicyclic amines) is 1. The highest BCUT2D eigenvalue weighted by Gasteiger charge is 2.61. The van der Waals surface area contributed by atoms with Crippen LogP contribution in [-0.2, 0) is 38.0 Å². The van der Waals surface area contributed by atoms with Gasteiger partial charge in [0, 0.05) is 32.7 Å². The SMILES string of the molecule is CCOC(=O)C1CCN(C(=O)O[C@@H](C)/C=C\C(=O)N[C@@H]2C[C@H](C)[C@H](C/C=C(C)/C=C/C3O[C@](C)(OC)C[C@@]4(CO4)[C@@H]3O)O[C@@H]2C)CC1. The first-order valence-corrected chi connectivity index (χ1v) is 16.9. The highest BCUT2D eigenvalue weighted by atomic mass is 16.7. The van der Waals surface area contributed by atoms with Gasteiger partial charge < -0.3 is 43.7 Å². The van der Waals surface area contributed by atoms with Gasteiger partial charge in [0.05, 0.1) is 37.4 Å². The first-order valence-electron chi connectivity index (χ1n) is 16.9. The molecule has 1 unspecified atom stereocenters. The van der Waals surface area contributed by atoms with Crippen molar-refractivity contribution < 1.29 is 47.9 Å². The maximum absolute atomic E-state index is 12.7. The molecule has 0 saturated carbocycles. The largest absolute Gasteiger partial charge is 0.466 e. The van der Waals surface area contributed by atoms with E-state index >= 15 is 0 Å². The van der Waals surface area contributed by atoms with Crippen LogP contribution >= 0.6 is 0 Å². The second-order valence-corrected chi connectivity index (χ2v) is 13.6. The molecule has 4 rings (SSSR count). The molecule has 0 aromatic heterocycles. The second kappa shape index (κ2) is 16.1. The Labute approximate surface area is 278 Å². The minimum absolute atomic E-state index is 0.00438. The van der Waals surface area contributed by atoms with Crippen LogP contribution in [0, 0.1) is 11.8 Å². The molecule has 4 aliphatic rings. The van der Waals surface area contributed by atoms with Gasteiger partial charge >= 0.3 is 12.1 Å². The van der Waals surface area contributed by atoms with Crippen LogP contribution in [-0.4, -0.2) is 109 Å². The fourth-order valence-corrected chi connectivity index (χ4v) is 6.59. The van der Waals surface area contributed by atoms with Gasteiger partial charge in [-0.25, -0.2) is 4.79 Å². The number of aliphatic hydroxyl groups is 1. The summed E-state index contributed by atoms with van der Waals surface area (Å²) < 4.78 is 34.1. The third-order valence-corrected chi connectivity index (χ3v) is 9.75. The topological polar surface area (TPSA) is 145 Å². The van der Waals surface area contributed by atoms with Crippen LogP contribution in [0.4, 0.5) is 4.79 Å². The molecular weight excluding hydrogens is 608 g/mol. The van der Waals surface area contributed by atoms with Crippen LogP contribution in [0.5, 0.6) is 0 Å². The van der Waals surface area contributed by atoms with Crippen molar-refractivity contribution in [2.75, 3.05) is 33.4 Å². The summed E-state index contributed by atoms with van der Waals surface area (Å²) >= 11 is 0. The van der Waals surface area contributed by atoms with E-state index in [1.165, 1.54) is 6.08 Å².